The molecule has 0 saturated carbocycles. The highest BCUT2D eigenvalue weighted by molar-refractivity contribution is 5.14. The lowest BCUT2D eigenvalue weighted by Crippen LogP contribution is -2.74. The van der Waals surface area contributed by atoms with Gasteiger partial charge in [-0.25, -0.2) is 17.6 Å². The van der Waals surface area contributed by atoms with E-state index in [1.54, 1.807) is 0 Å². The fraction of sp³-hybridized carbons (Fsp3) is 1.00. The number of nitrogens with zero attached hydrogens (tertiary/aromatic N) is 1. The van der Waals surface area contributed by atoms with Crippen molar-refractivity contribution in [1.29, 1.82) is 0 Å². The van der Waals surface area contributed by atoms with Crippen molar-refractivity contribution in [2.24, 2.45) is 0 Å². The average Bonchev–Trinajstić information content (AvgIpc) is 2.57. The summed E-state index contributed by atoms with van der Waals surface area (Å²) < 4.78 is 223. The van der Waals surface area contributed by atoms with E-state index in [-0.39, 0.29) is 0 Å². The van der Waals surface area contributed by atoms with Gasteiger partial charge < -0.3 is 0 Å². The first-order valence-electron chi connectivity index (χ1n) is 7.45. The van der Waals surface area contributed by atoms with Gasteiger partial charge in [-0.05, 0) is 0 Å². The maximum Gasteiger partial charge on any atom is 0.396 e. The van der Waals surface area contributed by atoms with Crippen molar-refractivity contribution in [3.05, 3.63) is 0 Å². The van der Waals surface area contributed by atoms with Crippen LogP contribution >= 0.6 is 0 Å². The smallest absolute Gasteiger partial charge is 0.297 e. The van der Waals surface area contributed by atoms with Crippen molar-refractivity contribution >= 4 is 0 Å². The molecule has 0 aromatic heterocycles. The first-order chi connectivity index (χ1) is 13.2. The van der Waals surface area contributed by atoms with Crippen LogP contribution in [0, 0.1) is 0 Å². The third kappa shape index (κ3) is 4.24. The molecule has 1 nitrogen and oxygen atoms in total. The Kier molecular flexibility index (Phi) is 7.65. The Morgan fingerprint density at radius 1 is 0.484 bits per heavy atom. The zero-order valence-electron chi connectivity index (χ0n) is 15.2. The molecule has 0 aromatic carbocycles. The topological polar surface area (TPSA) is 0 Å². The quantitative estimate of drug-likeness (QED) is 0.202. The maximum absolute atomic E-state index is 13.6. The molecule has 0 bridgehead atoms. The largest absolute Gasteiger partial charge is 0.396 e. The highest BCUT2D eigenvalue weighted by Crippen LogP contribution is 2.61. The zero-order valence-corrected chi connectivity index (χ0v) is 15.2. The molecule has 0 aliphatic carbocycles. The predicted octanol–water partition coefficient (Wildman–Crippen LogP) is 5.74. The Morgan fingerprint density at radius 2 is 0.774 bits per heavy atom. The summed E-state index contributed by atoms with van der Waals surface area (Å²) in [6.07, 6.45) is -20.1. The highest BCUT2D eigenvalue weighted by Gasteiger charge is 2.92. The van der Waals surface area contributed by atoms with E-state index in [0.29, 0.717) is 21.1 Å². The minimum atomic E-state index is -8.34. The lowest BCUT2D eigenvalue weighted by molar-refractivity contribution is -0.923. The molecule has 0 radical (unpaired) electrons. The Balaban J connectivity index is 6.62. The molecule has 0 spiro atoms. The van der Waals surface area contributed by atoms with Crippen LogP contribution in [0.25, 0.3) is 0 Å². The predicted molar refractivity (Wildman–Crippen MR) is 68.4 cm³/mol. The Labute approximate surface area is 162 Å². The number of rotatable bonds is 10. The normalized spacial score (nSPS) is 18.9. The van der Waals surface area contributed by atoms with Crippen LogP contribution in [0.1, 0.15) is 0 Å². The summed E-state index contributed by atoms with van der Waals surface area (Å²) in [5.74, 6) is -47.0. The minimum Gasteiger partial charge on any atom is -0.297 e. The second kappa shape index (κ2) is 7.97. The summed E-state index contributed by atoms with van der Waals surface area (Å²) in [5, 5.41) is 0. The lowest BCUT2D eigenvalue weighted by atomic mass is 9.88. The SMILES string of the molecule is C[N+](C)(C)C(F)C(F)(F)C(F)(F)C(F)(F)C(F)(F)C(F)(F)C(F)(F)C(F)C(F)C(F)F. The molecule has 188 valence electrons. The zero-order chi connectivity index (χ0) is 25.8. The van der Waals surface area contributed by atoms with Gasteiger partial charge in [0, 0.05) is 0 Å². The second-order valence-electron chi connectivity index (χ2n) is 7.18. The van der Waals surface area contributed by atoms with Crippen molar-refractivity contribution in [1.82, 2.24) is 0 Å². The number of hydrogen-bond acceptors (Lipinski definition) is 0. The van der Waals surface area contributed by atoms with Gasteiger partial charge in [-0.1, -0.05) is 0 Å². The van der Waals surface area contributed by atoms with Crippen LogP contribution in [0.5, 0.6) is 0 Å². The van der Waals surface area contributed by atoms with Crippen molar-refractivity contribution in [2.45, 2.75) is 60.6 Å². The summed E-state index contributed by atoms with van der Waals surface area (Å²) >= 11 is 0. The van der Waals surface area contributed by atoms with Gasteiger partial charge in [-0.15, -0.1) is 0 Å². The molecule has 0 N–H and O–H groups in total. The van der Waals surface area contributed by atoms with Gasteiger partial charge in [0.15, 0.2) is 6.17 Å². The van der Waals surface area contributed by atoms with Gasteiger partial charge in [0.25, 0.3) is 6.43 Å². The Bertz CT molecular complexity index is 622. The van der Waals surface area contributed by atoms with Crippen molar-refractivity contribution < 1.29 is 79.1 Å². The first-order valence-corrected chi connectivity index (χ1v) is 7.45. The standard InChI is InChI=1S/C13H13F17N/c1-31(2,3)7(18)9(21,22)11(25,26)13(29,30)12(27,28)10(23,24)8(19,20)5(15)4(14)6(16)17/h4-7H,1-3H3/q+1. The molecule has 0 rings (SSSR count). The summed E-state index contributed by atoms with van der Waals surface area (Å²) in [5.41, 5.74) is 0. The minimum absolute atomic E-state index is 0.299. The van der Waals surface area contributed by atoms with Gasteiger partial charge in [-0.3, -0.25) is 4.48 Å². The van der Waals surface area contributed by atoms with E-state index in [1.807, 2.05) is 0 Å². The van der Waals surface area contributed by atoms with Gasteiger partial charge in [-0.2, -0.15) is 57.1 Å². The molecule has 0 heterocycles. The highest BCUT2D eigenvalue weighted by atomic mass is 19.4. The molecular formula is C13H13F17N+. The number of alkyl halides is 17. The van der Waals surface area contributed by atoms with E-state index in [2.05, 4.69) is 0 Å². The fourth-order valence-electron chi connectivity index (χ4n) is 1.95. The molecule has 0 aliphatic rings. The molecule has 0 aromatic rings. The van der Waals surface area contributed by atoms with Crippen LogP contribution in [0.15, 0.2) is 0 Å². The van der Waals surface area contributed by atoms with E-state index in [0.717, 1.165) is 0 Å². The first kappa shape index (κ1) is 29.8. The average molecular weight is 506 g/mol. The van der Waals surface area contributed by atoms with Crippen LogP contribution in [0.2, 0.25) is 0 Å². The Morgan fingerprint density at radius 3 is 1.03 bits per heavy atom. The van der Waals surface area contributed by atoms with Gasteiger partial charge in [0.05, 0.1) is 21.1 Å². The van der Waals surface area contributed by atoms with E-state index < -0.39 is 65.1 Å². The number of halogens is 17. The maximum atomic E-state index is 13.6. The number of hydrogen-bond donors (Lipinski definition) is 0. The van der Waals surface area contributed by atoms with Crippen molar-refractivity contribution in [2.75, 3.05) is 21.1 Å². The van der Waals surface area contributed by atoms with E-state index in [9.17, 15) is 74.6 Å². The molecule has 0 amide bonds. The fourth-order valence-corrected chi connectivity index (χ4v) is 1.95. The third-order valence-electron chi connectivity index (χ3n) is 3.87. The van der Waals surface area contributed by atoms with Gasteiger partial charge in [0.2, 0.25) is 6.17 Å². The molecule has 18 heteroatoms. The van der Waals surface area contributed by atoms with Crippen LogP contribution in [-0.2, 0) is 0 Å². The van der Waals surface area contributed by atoms with Crippen LogP contribution in [-0.4, -0.2) is 86.2 Å². The molecule has 0 saturated heterocycles. The van der Waals surface area contributed by atoms with Gasteiger partial charge in [0.1, 0.15) is 0 Å². The summed E-state index contributed by atoms with van der Waals surface area (Å²) in [7, 11) is 0.896. The van der Waals surface area contributed by atoms with Crippen LogP contribution < -0.4 is 0 Å². The van der Waals surface area contributed by atoms with Crippen LogP contribution in [0.4, 0.5) is 74.6 Å². The molecule has 0 fully saturated rings. The molecule has 3 unspecified atom stereocenters. The van der Waals surface area contributed by atoms with E-state index in [4.69, 9.17) is 0 Å². The summed E-state index contributed by atoms with van der Waals surface area (Å²) in [6.45, 7) is 0. The van der Waals surface area contributed by atoms with E-state index >= 15 is 0 Å². The summed E-state index contributed by atoms with van der Waals surface area (Å²) in [4.78, 5) is 0. The lowest BCUT2D eigenvalue weighted by Gasteiger charge is -2.43. The van der Waals surface area contributed by atoms with Gasteiger partial charge >= 0.3 is 41.8 Å². The second-order valence-corrected chi connectivity index (χ2v) is 7.18. The molecule has 0 aliphatic heterocycles. The number of quaternary nitrogens is 1. The van der Waals surface area contributed by atoms with E-state index in [1.165, 1.54) is 0 Å². The van der Waals surface area contributed by atoms with Crippen molar-refractivity contribution in [3.63, 3.8) is 0 Å². The van der Waals surface area contributed by atoms with Crippen molar-refractivity contribution in [3.8, 4) is 0 Å². The van der Waals surface area contributed by atoms with Crippen LogP contribution in [0.3, 0.4) is 0 Å². The molecular weight excluding hydrogens is 493 g/mol. The third-order valence-corrected chi connectivity index (χ3v) is 3.87. The molecule has 3 atom stereocenters. The monoisotopic (exact) mass is 506 g/mol. The Hall–Kier alpha value is -1.23. The molecule has 31 heavy (non-hydrogen) atoms. The summed E-state index contributed by atoms with van der Waals surface area (Å²) in [6, 6.07) is 0.